The first-order valence-electron chi connectivity index (χ1n) is 5.93. The minimum atomic E-state index is 0.0950. The lowest BCUT2D eigenvalue weighted by Gasteiger charge is -2.34. The number of likely N-dealkylation sites (tertiary alicyclic amines) is 1. The van der Waals surface area contributed by atoms with E-state index in [1.807, 2.05) is 17.9 Å². The first kappa shape index (κ1) is 12.6. The van der Waals surface area contributed by atoms with Gasteiger partial charge in [0, 0.05) is 30.3 Å². The van der Waals surface area contributed by atoms with Gasteiger partial charge in [0.2, 0.25) is 0 Å². The number of pyridine rings is 1. The Hall–Kier alpha value is -0.900. The van der Waals surface area contributed by atoms with Crippen LogP contribution in [0.1, 0.15) is 29.3 Å². The maximum absolute atomic E-state index is 12.3. The van der Waals surface area contributed by atoms with Crippen molar-refractivity contribution in [3.63, 3.8) is 0 Å². The zero-order valence-corrected chi connectivity index (χ0v) is 11.8. The van der Waals surface area contributed by atoms with Gasteiger partial charge >= 0.3 is 0 Å². The van der Waals surface area contributed by atoms with Crippen molar-refractivity contribution < 1.29 is 4.79 Å². The van der Waals surface area contributed by atoms with Gasteiger partial charge in [-0.05, 0) is 30.9 Å². The molecular weight excluding hydrogens is 280 g/mol. The summed E-state index contributed by atoms with van der Waals surface area (Å²) in [5, 5.41) is 0. The molecule has 0 aliphatic carbocycles. The van der Waals surface area contributed by atoms with Crippen LogP contribution < -0.4 is 0 Å². The molecule has 17 heavy (non-hydrogen) atoms. The number of carbonyl (C=O) groups is 1. The van der Waals surface area contributed by atoms with Gasteiger partial charge in [0.1, 0.15) is 0 Å². The average Bonchev–Trinajstić information content (AvgIpc) is 2.32. The van der Waals surface area contributed by atoms with Crippen LogP contribution in [-0.2, 0) is 0 Å². The summed E-state index contributed by atoms with van der Waals surface area (Å²) in [6, 6.07) is 1.90. The molecule has 1 aromatic rings. The Morgan fingerprint density at radius 2 is 2.29 bits per heavy atom. The van der Waals surface area contributed by atoms with Crippen LogP contribution in [0.15, 0.2) is 18.5 Å². The number of hydrogen-bond acceptors (Lipinski definition) is 2. The number of hydrogen-bond donors (Lipinski definition) is 0. The molecule has 1 fully saturated rings. The fraction of sp³-hybridized carbons (Fsp3) is 0.538. The van der Waals surface area contributed by atoms with Gasteiger partial charge in [-0.2, -0.15) is 0 Å². The molecule has 2 atom stereocenters. The van der Waals surface area contributed by atoms with Crippen molar-refractivity contribution in [1.82, 2.24) is 9.88 Å². The zero-order valence-electron chi connectivity index (χ0n) is 10.2. The predicted molar refractivity (Wildman–Crippen MR) is 71.4 cm³/mol. The van der Waals surface area contributed by atoms with Gasteiger partial charge < -0.3 is 4.90 Å². The van der Waals surface area contributed by atoms with Gasteiger partial charge in [0.25, 0.3) is 5.91 Å². The van der Waals surface area contributed by atoms with E-state index in [4.69, 9.17) is 0 Å². The summed E-state index contributed by atoms with van der Waals surface area (Å²) >= 11 is 3.64. The molecule has 1 saturated heterocycles. The summed E-state index contributed by atoms with van der Waals surface area (Å²) in [6.07, 6.45) is 4.47. The number of aromatic nitrogens is 1. The number of nitrogens with zero attached hydrogens (tertiary/aromatic N) is 2. The standard InChI is InChI=1S/C13H17BrN2O/c1-9-5-11(7-15-6-9)13(17)16-4-3-10(2)12(14)8-16/h5-7,10,12H,3-4,8H2,1-2H3. The first-order chi connectivity index (χ1) is 8.08. The van der Waals surface area contributed by atoms with Crippen molar-refractivity contribution >= 4 is 21.8 Å². The van der Waals surface area contributed by atoms with Crippen LogP contribution in [0, 0.1) is 12.8 Å². The molecule has 0 radical (unpaired) electrons. The minimum Gasteiger partial charge on any atom is -0.337 e. The molecule has 4 heteroatoms. The smallest absolute Gasteiger partial charge is 0.255 e. The van der Waals surface area contributed by atoms with Crippen LogP contribution in [0.25, 0.3) is 0 Å². The van der Waals surface area contributed by atoms with Gasteiger partial charge in [-0.25, -0.2) is 0 Å². The molecule has 1 aliphatic heterocycles. The van der Waals surface area contributed by atoms with Crippen LogP contribution in [0.4, 0.5) is 0 Å². The Morgan fingerprint density at radius 1 is 1.53 bits per heavy atom. The Morgan fingerprint density at radius 3 is 2.94 bits per heavy atom. The quantitative estimate of drug-likeness (QED) is 0.747. The highest BCUT2D eigenvalue weighted by molar-refractivity contribution is 9.09. The molecule has 0 N–H and O–H groups in total. The molecule has 0 spiro atoms. The number of piperidine rings is 1. The highest BCUT2D eigenvalue weighted by Gasteiger charge is 2.27. The Labute approximate surface area is 110 Å². The summed E-state index contributed by atoms with van der Waals surface area (Å²) < 4.78 is 0. The zero-order chi connectivity index (χ0) is 12.4. The molecule has 2 unspecified atom stereocenters. The Balaban J connectivity index is 2.10. The molecule has 0 saturated carbocycles. The van der Waals surface area contributed by atoms with E-state index < -0.39 is 0 Å². The second-order valence-electron chi connectivity index (χ2n) is 4.78. The molecule has 92 valence electrons. The highest BCUT2D eigenvalue weighted by atomic mass is 79.9. The fourth-order valence-corrected chi connectivity index (χ4v) is 2.67. The van der Waals surface area contributed by atoms with Crippen LogP contribution >= 0.6 is 15.9 Å². The third kappa shape index (κ3) is 2.86. The summed E-state index contributed by atoms with van der Waals surface area (Å²) in [4.78, 5) is 18.7. The molecule has 1 amide bonds. The molecule has 3 nitrogen and oxygen atoms in total. The van der Waals surface area contributed by atoms with Gasteiger partial charge in [0.05, 0.1) is 5.56 Å². The molecular formula is C13H17BrN2O. The number of alkyl halides is 1. The average molecular weight is 297 g/mol. The first-order valence-corrected chi connectivity index (χ1v) is 6.84. The van der Waals surface area contributed by atoms with E-state index >= 15 is 0 Å². The maximum atomic E-state index is 12.3. The van der Waals surface area contributed by atoms with Gasteiger partial charge in [-0.15, -0.1) is 0 Å². The lowest BCUT2D eigenvalue weighted by molar-refractivity contribution is 0.0705. The topological polar surface area (TPSA) is 33.2 Å². The van der Waals surface area contributed by atoms with Crippen LogP contribution in [-0.4, -0.2) is 33.7 Å². The van der Waals surface area contributed by atoms with Gasteiger partial charge in [-0.1, -0.05) is 22.9 Å². The van der Waals surface area contributed by atoms with E-state index in [-0.39, 0.29) is 5.91 Å². The van der Waals surface area contributed by atoms with Crippen molar-refractivity contribution in [3.8, 4) is 0 Å². The Kier molecular flexibility index (Phi) is 3.82. The minimum absolute atomic E-state index is 0.0950. The summed E-state index contributed by atoms with van der Waals surface area (Å²) in [5.41, 5.74) is 1.72. The van der Waals surface area contributed by atoms with Crippen LogP contribution in [0.3, 0.4) is 0 Å². The SMILES string of the molecule is Cc1cncc(C(=O)N2CCC(C)C(Br)C2)c1. The number of carbonyl (C=O) groups excluding carboxylic acids is 1. The van der Waals surface area contributed by atoms with E-state index in [0.717, 1.165) is 25.1 Å². The molecule has 0 aromatic carbocycles. The van der Waals surface area contributed by atoms with Gasteiger partial charge in [0.15, 0.2) is 0 Å². The lowest BCUT2D eigenvalue weighted by Crippen LogP contribution is -2.43. The van der Waals surface area contributed by atoms with Crippen LogP contribution in [0.5, 0.6) is 0 Å². The fourth-order valence-electron chi connectivity index (χ4n) is 2.06. The van der Waals surface area contributed by atoms with Crippen molar-refractivity contribution in [2.24, 2.45) is 5.92 Å². The van der Waals surface area contributed by atoms with E-state index in [9.17, 15) is 4.79 Å². The Bertz CT molecular complexity index is 422. The third-order valence-electron chi connectivity index (χ3n) is 3.28. The number of rotatable bonds is 1. The highest BCUT2D eigenvalue weighted by Crippen LogP contribution is 2.24. The summed E-state index contributed by atoms with van der Waals surface area (Å²) in [6.45, 7) is 5.80. The largest absolute Gasteiger partial charge is 0.337 e. The number of halogens is 1. The molecule has 1 aliphatic rings. The number of aryl methyl sites for hydroxylation is 1. The van der Waals surface area contributed by atoms with Crippen molar-refractivity contribution in [1.29, 1.82) is 0 Å². The summed E-state index contributed by atoms with van der Waals surface area (Å²) in [5.74, 6) is 0.729. The maximum Gasteiger partial charge on any atom is 0.255 e. The van der Waals surface area contributed by atoms with Crippen molar-refractivity contribution in [3.05, 3.63) is 29.6 Å². The van der Waals surface area contributed by atoms with Crippen LogP contribution in [0.2, 0.25) is 0 Å². The van der Waals surface area contributed by atoms with Crippen molar-refractivity contribution in [2.45, 2.75) is 25.1 Å². The lowest BCUT2D eigenvalue weighted by atomic mass is 9.98. The summed E-state index contributed by atoms with van der Waals surface area (Å²) in [7, 11) is 0. The normalized spacial score (nSPS) is 24.8. The van der Waals surface area contributed by atoms with E-state index in [2.05, 4.69) is 27.8 Å². The second kappa shape index (κ2) is 5.17. The van der Waals surface area contributed by atoms with E-state index in [0.29, 0.717) is 16.3 Å². The molecule has 1 aromatic heterocycles. The predicted octanol–water partition coefficient (Wildman–Crippen LogP) is 2.64. The van der Waals surface area contributed by atoms with Crippen molar-refractivity contribution in [2.75, 3.05) is 13.1 Å². The molecule has 0 bridgehead atoms. The molecule has 2 heterocycles. The monoisotopic (exact) mass is 296 g/mol. The second-order valence-corrected chi connectivity index (χ2v) is 5.96. The number of amides is 1. The molecule has 2 rings (SSSR count). The van der Waals surface area contributed by atoms with E-state index in [1.54, 1.807) is 12.4 Å². The van der Waals surface area contributed by atoms with Gasteiger partial charge in [-0.3, -0.25) is 9.78 Å². The third-order valence-corrected chi connectivity index (χ3v) is 4.47. The van der Waals surface area contributed by atoms with E-state index in [1.165, 1.54) is 0 Å².